The molecule has 5 nitrogen and oxygen atoms in total. The molecular formula is C14H14FNO4S. The van der Waals surface area contributed by atoms with Crippen LogP contribution >= 0.6 is 0 Å². The quantitative estimate of drug-likeness (QED) is 0.860. The molecule has 1 unspecified atom stereocenters. The highest BCUT2D eigenvalue weighted by Crippen LogP contribution is 2.23. The van der Waals surface area contributed by atoms with E-state index < -0.39 is 21.9 Å². The largest absolute Gasteiger partial charge is 0.457 e. The van der Waals surface area contributed by atoms with E-state index in [0.717, 1.165) is 5.39 Å². The number of hydrogen-bond acceptors (Lipinski definition) is 4. The lowest BCUT2D eigenvalue weighted by atomic mass is 10.1. The summed E-state index contributed by atoms with van der Waals surface area (Å²) in [7, 11) is -3.10. The van der Waals surface area contributed by atoms with Crippen LogP contribution in [0, 0.1) is 12.7 Å². The van der Waals surface area contributed by atoms with E-state index in [9.17, 15) is 17.6 Å². The van der Waals surface area contributed by atoms with Crippen molar-refractivity contribution in [1.82, 2.24) is 4.98 Å². The van der Waals surface area contributed by atoms with Crippen LogP contribution in [0.4, 0.5) is 4.39 Å². The number of aromatic amines is 1. The van der Waals surface area contributed by atoms with Crippen LogP contribution < -0.4 is 0 Å². The Kier molecular flexibility index (Phi) is 3.24. The molecule has 1 N–H and O–H groups in total. The summed E-state index contributed by atoms with van der Waals surface area (Å²) in [5.74, 6) is -1.09. The van der Waals surface area contributed by atoms with Crippen molar-refractivity contribution >= 4 is 26.7 Å². The van der Waals surface area contributed by atoms with E-state index in [1.54, 1.807) is 13.0 Å². The van der Waals surface area contributed by atoms with Crippen molar-refractivity contribution in [3.8, 4) is 0 Å². The summed E-state index contributed by atoms with van der Waals surface area (Å²) in [5.41, 5.74) is 1.42. The minimum absolute atomic E-state index is 0.0436. The predicted octanol–water partition coefficient (Wildman–Crippen LogP) is 1.96. The van der Waals surface area contributed by atoms with Gasteiger partial charge >= 0.3 is 5.97 Å². The monoisotopic (exact) mass is 311 g/mol. The number of carbonyl (C=O) groups is 1. The first-order valence-corrected chi connectivity index (χ1v) is 8.36. The molecule has 1 saturated heterocycles. The summed E-state index contributed by atoms with van der Waals surface area (Å²) in [6.45, 7) is 1.75. The molecule has 0 saturated carbocycles. The maximum atomic E-state index is 13.3. The SMILES string of the molecule is Cc1cc(F)cc2[nH]c(C(=O)OC3CCS(=O)(=O)C3)cc12. The smallest absolute Gasteiger partial charge is 0.355 e. The van der Waals surface area contributed by atoms with Crippen LogP contribution in [-0.4, -0.2) is 37.0 Å². The van der Waals surface area contributed by atoms with E-state index >= 15 is 0 Å². The van der Waals surface area contributed by atoms with Crippen molar-refractivity contribution in [2.24, 2.45) is 0 Å². The molecule has 1 fully saturated rings. The van der Waals surface area contributed by atoms with Crippen LogP contribution in [0.2, 0.25) is 0 Å². The fourth-order valence-electron chi connectivity index (χ4n) is 2.55. The van der Waals surface area contributed by atoms with Gasteiger partial charge in [-0.15, -0.1) is 0 Å². The molecule has 112 valence electrons. The predicted molar refractivity (Wildman–Crippen MR) is 75.5 cm³/mol. The molecule has 0 amide bonds. The summed E-state index contributed by atoms with van der Waals surface area (Å²) in [4.78, 5) is 14.8. The van der Waals surface area contributed by atoms with E-state index in [1.165, 1.54) is 12.1 Å². The minimum Gasteiger partial charge on any atom is -0.457 e. The van der Waals surface area contributed by atoms with Gasteiger partial charge in [0.1, 0.15) is 17.6 Å². The molecule has 1 aliphatic heterocycles. The van der Waals surface area contributed by atoms with Crippen LogP contribution in [0.15, 0.2) is 18.2 Å². The standard InChI is InChI=1S/C14H14FNO4S/c1-8-4-9(15)5-12-11(8)6-13(16-12)14(17)20-10-2-3-21(18,19)7-10/h4-6,10,16H,2-3,7H2,1H3. The Morgan fingerprint density at radius 3 is 2.81 bits per heavy atom. The fourth-order valence-corrected chi connectivity index (χ4v) is 4.14. The third-order valence-corrected chi connectivity index (χ3v) is 5.33. The molecular weight excluding hydrogens is 297 g/mol. The van der Waals surface area contributed by atoms with Gasteiger partial charge in [-0.25, -0.2) is 17.6 Å². The van der Waals surface area contributed by atoms with E-state index in [-0.39, 0.29) is 23.0 Å². The number of H-pyrrole nitrogens is 1. The third-order valence-electron chi connectivity index (χ3n) is 3.59. The first kappa shape index (κ1) is 14.1. The molecule has 1 aromatic carbocycles. The molecule has 0 spiro atoms. The zero-order valence-corrected chi connectivity index (χ0v) is 12.2. The van der Waals surface area contributed by atoms with Gasteiger partial charge < -0.3 is 9.72 Å². The Morgan fingerprint density at radius 2 is 2.14 bits per heavy atom. The second-order valence-corrected chi connectivity index (χ2v) is 7.53. The normalized spacial score (nSPS) is 20.8. The number of esters is 1. The van der Waals surface area contributed by atoms with Crippen LogP contribution in [0.1, 0.15) is 22.5 Å². The second kappa shape index (κ2) is 4.84. The number of benzene rings is 1. The van der Waals surface area contributed by atoms with Gasteiger partial charge in [-0.1, -0.05) is 0 Å². The Morgan fingerprint density at radius 1 is 1.38 bits per heavy atom. The molecule has 3 rings (SSSR count). The average Bonchev–Trinajstić information content (AvgIpc) is 2.93. The van der Waals surface area contributed by atoms with Crippen molar-refractivity contribution in [1.29, 1.82) is 0 Å². The van der Waals surface area contributed by atoms with E-state index in [0.29, 0.717) is 17.5 Å². The van der Waals surface area contributed by atoms with Gasteiger partial charge in [-0.05, 0) is 37.1 Å². The van der Waals surface area contributed by atoms with Gasteiger partial charge in [0.2, 0.25) is 0 Å². The molecule has 0 bridgehead atoms. The Hall–Kier alpha value is -1.89. The number of hydrogen-bond donors (Lipinski definition) is 1. The lowest BCUT2D eigenvalue weighted by Crippen LogP contribution is -2.19. The van der Waals surface area contributed by atoms with Crippen LogP contribution in [0.25, 0.3) is 10.9 Å². The Balaban J connectivity index is 1.84. The summed E-state index contributed by atoms with van der Waals surface area (Å²) in [6, 6.07) is 4.28. The number of halogens is 1. The van der Waals surface area contributed by atoms with Crippen LogP contribution in [0.3, 0.4) is 0 Å². The molecule has 1 aromatic heterocycles. The van der Waals surface area contributed by atoms with Gasteiger partial charge in [0, 0.05) is 10.9 Å². The number of carbonyl (C=O) groups excluding carboxylic acids is 1. The van der Waals surface area contributed by atoms with E-state index in [2.05, 4.69) is 4.98 Å². The molecule has 1 aliphatic rings. The van der Waals surface area contributed by atoms with Gasteiger partial charge in [0.15, 0.2) is 9.84 Å². The average molecular weight is 311 g/mol. The number of rotatable bonds is 2. The number of ether oxygens (including phenoxy) is 1. The van der Waals surface area contributed by atoms with Gasteiger partial charge in [0.25, 0.3) is 0 Å². The molecule has 2 heterocycles. The first-order chi connectivity index (χ1) is 9.84. The number of sulfone groups is 1. The van der Waals surface area contributed by atoms with Crippen LogP contribution in [-0.2, 0) is 14.6 Å². The van der Waals surface area contributed by atoms with E-state index in [1.807, 2.05) is 0 Å². The lowest BCUT2D eigenvalue weighted by Gasteiger charge is -2.08. The lowest BCUT2D eigenvalue weighted by molar-refractivity contribution is 0.0350. The highest BCUT2D eigenvalue weighted by atomic mass is 32.2. The van der Waals surface area contributed by atoms with Crippen molar-refractivity contribution in [2.75, 3.05) is 11.5 Å². The molecule has 0 radical (unpaired) electrons. The zero-order valence-electron chi connectivity index (χ0n) is 11.3. The molecule has 1 atom stereocenters. The number of aromatic nitrogens is 1. The fraction of sp³-hybridized carbons (Fsp3) is 0.357. The topological polar surface area (TPSA) is 76.2 Å². The highest BCUT2D eigenvalue weighted by Gasteiger charge is 2.31. The van der Waals surface area contributed by atoms with E-state index in [4.69, 9.17) is 4.74 Å². The molecule has 7 heteroatoms. The second-order valence-electron chi connectivity index (χ2n) is 5.30. The van der Waals surface area contributed by atoms with Crippen molar-refractivity contribution in [3.63, 3.8) is 0 Å². The summed E-state index contributed by atoms with van der Waals surface area (Å²) in [6.07, 6.45) is -0.283. The maximum Gasteiger partial charge on any atom is 0.355 e. The summed E-state index contributed by atoms with van der Waals surface area (Å²) >= 11 is 0. The minimum atomic E-state index is -3.10. The Labute approximate surface area is 121 Å². The van der Waals surface area contributed by atoms with Crippen molar-refractivity contribution in [2.45, 2.75) is 19.4 Å². The van der Waals surface area contributed by atoms with Gasteiger partial charge in [-0.3, -0.25) is 0 Å². The van der Waals surface area contributed by atoms with Crippen LogP contribution in [0.5, 0.6) is 0 Å². The number of nitrogens with one attached hydrogen (secondary N) is 1. The summed E-state index contributed by atoms with van der Waals surface area (Å²) in [5, 5.41) is 0.738. The van der Waals surface area contributed by atoms with Crippen molar-refractivity contribution in [3.05, 3.63) is 35.3 Å². The van der Waals surface area contributed by atoms with Gasteiger partial charge in [0.05, 0.1) is 11.5 Å². The zero-order chi connectivity index (χ0) is 15.2. The first-order valence-electron chi connectivity index (χ1n) is 6.54. The molecule has 2 aromatic rings. The summed E-state index contributed by atoms with van der Waals surface area (Å²) < 4.78 is 41.2. The van der Waals surface area contributed by atoms with Crippen molar-refractivity contribution < 1.29 is 22.3 Å². The number of aryl methyl sites for hydroxylation is 1. The molecule has 0 aliphatic carbocycles. The maximum absolute atomic E-state index is 13.3. The third kappa shape index (κ3) is 2.78. The number of fused-ring (bicyclic) bond motifs is 1. The Bertz CT molecular complexity index is 825. The highest BCUT2D eigenvalue weighted by molar-refractivity contribution is 7.91. The van der Waals surface area contributed by atoms with Gasteiger partial charge in [-0.2, -0.15) is 0 Å². The molecule has 21 heavy (non-hydrogen) atoms.